The Balaban J connectivity index is 1.92. The molecule has 0 aliphatic carbocycles. The molecule has 0 amide bonds. The summed E-state index contributed by atoms with van der Waals surface area (Å²) in [6, 6.07) is 30.9. The van der Waals surface area contributed by atoms with E-state index in [1.165, 1.54) is 0 Å². The van der Waals surface area contributed by atoms with Crippen LogP contribution in [0.15, 0.2) is 101 Å². The van der Waals surface area contributed by atoms with E-state index in [-0.39, 0.29) is 0 Å². The van der Waals surface area contributed by atoms with E-state index in [0.29, 0.717) is 0 Å². The van der Waals surface area contributed by atoms with Gasteiger partial charge in [0.25, 0.3) is 0 Å². The first-order chi connectivity index (χ1) is 12.8. The Morgan fingerprint density at radius 1 is 0.731 bits per heavy atom. The van der Waals surface area contributed by atoms with Crippen LogP contribution in [-0.4, -0.2) is 5.71 Å². The van der Waals surface area contributed by atoms with Gasteiger partial charge in [0.1, 0.15) is 0 Å². The number of nitrogens with zero attached hydrogens (tertiary/aromatic N) is 2. The Bertz CT molecular complexity index is 953. The molecule has 0 saturated heterocycles. The summed E-state index contributed by atoms with van der Waals surface area (Å²) >= 11 is 6.84. The quantitative estimate of drug-likeness (QED) is 0.454. The molecular weight excluding hydrogens is 359 g/mol. The number of allylic oxidation sites excluding steroid dienone is 1. The van der Waals surface area contributed by atoms with Gasteiger partial charge < -0.3 is 0 Å². The zero-order valence-corrected chi connectivity index (χ0v) is 16.0. The standard InChI is InChI=1S/C22H18ClN2P/c1-17-21(18-11-5-2-6-12-18)24-26(23)25(20-15-9-4-10-16-20)22(17)19-13-7-3-8-14-19/h2-16H,1H3. The van der Waals surface area contributed by atoms with Gasteiger partial charge in [-0.3, -0.25) is 4.67 Å². The summed E-state index contributed by atoms with van der Waals surface area (Å²) < 4.78 is 7.04. The fourth-order valence-electron chi connectivity index (χ4n) is 3.15. The van der Waals surface area contributed by atoms with Gasteiger partial charge >= 0.3 is 0 Å². The van der Waals surface area contributed by atoms with E-state index < -0.39 is 7.58 Å². The first-order valence-electron chi connectivity index (χ1n) is 8.47. The minimum Gasteiger partial charge on any atom is -0.288 e. The van der Waals surface area contributed by atoms with E-state index in [4.69, 9.17) is 16.0 Å². The molecule has 0 aromatic heterocycles. The zero-order chi connectivity index (χ0) is 17.9. The van der Waals surface area contributed by atoms with Crippen LogP contribution in [0.2, 0.25) is 0 Å². The van der Waals surface area contributed by atoms with Crippen molar-refractivity contribution in [3.63, 3.8) is 0 Å². The van der Waals surface area contributed by atoms with Crippen LogP contribution in [0.5, 0.6) is 0 Å². The van der Waals surface area contributed by atoms with Crippen LogP contribution < -0.4 is 4.67 Å². The minimum absolute atomic E-state index is 0.970. The largest absolute Gasteiger partial charge is 0.288 e. The summed E-state index contributed by atoms with van der Waals surface area (Å²) in [7, 11) is -1.25. The van der Waals surface area contributed by atoms with Gasteiger partial charge in [0, 0.05) is 11.3 Å². The monoisotopic (exact) mass is 376 g/mol. The molecule has 0 spiro atoms. The number of rotatable bonds is 3. The second-order valence-electron chi connectivity index (χ2n) is 6.04. The average molecular weight is 377 g/mol. The average Bonchev–Trinajstić information content (AvgIpc) is 2.71. The zero-order valence-electron chi connectivity index (χ0n) is 14.4. The summed E-state index contributed by atoms with van der Waals surface area (Å²) in [5, 5.41) is 0. The molecule has 0 N–H and O–H groups in total. The summed E-state index contributed by atoms with van der Waals surface area (Å²) in [4.78, 5) is 0. The van der Waals surface area contributed by atoms with Crippen molar-refractivity contribution < 1.29 is 0 Å². The van der Waals surface area contributed by atoms with E-state index in [1.54, 1.807) is 0 Å². The normalized spacial score (nSPS) is 17.2. The van der Waals surface area contributed by atoms with E-state index in [1.807, 2.05) is 42.5 Å². The molecule has 0 saturated carbocycles. The number of hydrogen-bond acceptors (Lipinski definition) is 2. The van der Waals surface area contributed by atoms with Gasteiger partial charge in [0.05, 0.1) is 11.4 Å². The maximum absolute atomic E-state index is 6.84. The van der Waals surface area contributed by atoms with Crippen LogP contribution in [0.4, 0.5) is 5.69 Å². The van der Waals surface area contributed by atoms with Crippen LogP contribution in [-0.2, 0) is 0 Å². The molecule has 3 aromatic carbocycles. The third kappa shape index (κ3) is 3.19. The molecule has 4 rings (SSSR count). The lowest BCUT2D eigenvalue weighted by Crippen LogP contribution is -2.22. The Labute approximate surface area is 160 Å². The molecule has 128 valence electrons. The number of benzene rings is 3. The van der Waals surface area contributed by atoms with Crippen molar-refractivity contribution in [3.8, 4) is 0 Å². The number of para-hydroxylation sites is 1. The predicted molar refractivity (Wildman–Crippen MR) is 114 cm³/mol. The molecule has 0 bridgehead atoms. The molecule has 1 unspecified atom stereocenters. The highest BCUT2D eigenvalue weighted by Gasteiger charge is 2.30. The van der Waals surface area contributed by atoms with Gasteiger partial charge in [-0.1, -0.05) is 78.9 Å². The van der Waals surface area contributed by atoms with E-state index in [0.717, 1.165) is 33.8 Å². The highest BCUT2D eigenvalue weighted by molar-refractivity contribution is 7.84. The SMILES string of the molecule is CC1=C(c2ccccc2)N(c2ccccc2)P(Cl)N=C1c1ccccc1. The minimum atomic E-state index is -1.25. The Hall–Kier alpha value is -2.41. The molecular formula is C22H18ClN2P. The number of halogens is 1. The van der Waals surface area contributed by atoms with Crippen molar-refractivity contribution in [2.45, 2.75) is 6.92 Å². The molecule has 26 heavy (non-hydrogen) atoms. The lowest BCUT2D eigenvalue weighted by atomic mass is 9.98. The van der Waals surface area contributed by atoms with E-state index in [9.17, 15) is 0 Å². The van der Waals surface area contributed by atoms with Gasteiger partial charge in [-0.2, -0.15) is 0 Å². The van der Waals surface area contributed by atoms with Crippen molar-refractivity contribution in [2.75, 3.05) is 4.67 Å². The van der Waals surface area contributed by atoms with Gasteiger partial charge in [-0.05, 0) is 41.4 Å². The van der Waals surface area contributed by atoms with Crippen molar-refractivity contribution in [2.24, 2.45) is 4.76 Å². The first kappa shape index (κ1) is 17.0. The lowest BCUT2D eigenvalue weighted by molar-refractivity contribution is 1.35. The van der Waals surface area contributed by atoms with Crippen LogP contribution in [0.25, 0.3) is 5.70 Å². The molecule has 1 aliphatic heterocycles. The Morgan fingerprint density at radius 3 is 1.81 bits per heavy atom. The molecule has 3 aromatic rings. The van der Waals surface area contributed by atoms with Gasteiger partial charge in [0.15, 0.2) is 0 Å². The molecule has 0 fully saturated rings. The van der Waals surface area contributed by atoms with Crippen molar-refractivity contribution >= 4 is 35.9 Å². The molecule has 2 nitrogen and oxygen atoms in total. The van der Waals surface area contributed by atoms with Gasteiger partial charge in [-0.25, -0.2) is 4.76 Å². The lowest BCUT2D eigenvalue weighted by Gasteiger charge is -2.34. The van der Waals surface area contributed by atoms with Crippen molar-refractivity contribution in [1.29, 1.82) is 0 Å². The topological polar surface area (TPSA) is 15.6 Å². The molecule has 0 radical (unpaired) electrons. The van der Waals surface area contributed by atoms with Crippen LogP contribution >= 0.6 is 18.8 Å². The number of hydrogen-bond donors (Lipinski definition) is 0. The van der Waals surface area contributed by atoms with E-state index >= 15 is 0 Å². The summed E-state index contributed by atoms with van der Waals surface area (Å²) in [6.07, 6.45) is 0. The third-order valence-corrected chi connectivity index (χ3v) is 6.17. The van der Waals surface area contributed by atoms with Gasteiger partial charge in [0.2, 0.25) is 7.58 Å². The third-order valence-electron chi connectivity index (χ3n) is 4.36. The summed E-state index contributed by atoms with van der Waals surface area (Å²) in [6.45, 7) is 2.13. The van der Waals surface area contributed by atoms with Crippen LogP contribution in [0.3, 0.4) is 0 Å². The molecule has 1 heterocycles. The van der Waals surface area contributed by atoms with E-state index in [2.05, 4.69) is 60.1 Å². The highest BCUT2D eigenvalue weighted by atomic mass is 35.7. The Morgan fingerprint density at radius 2 is 1.23 bits per heavy atom. The summed E-state index contributed by atoms with van der Waals surface area (Å²) in [5.41, 5.74) is 6.52. The van der Waals surface area contributed by atoms with Crippen LogP contribution in [0.1, 0.15) is 18.1 Å². The Kier molecular flexibility index (Phi) is 4.88. The fourth-order valence-corrected chi connectivity index (χ4v) is 5.14. The summed E-state index contributed by atoms with van der Waals surface area (Å²) in [5.74, 6) is 0. The molecule has 1 atom stereocenters. The molecule has 4 heteroatoms. The maximum atomic E-state index is 6.84. The predicted octanol–water partition coefficient (Wildman–Crippen LogP) is 6.89. The first-order valence-corrected chi connectivity index (χ1v) is 10.6. The maximum Gasteiger partial charge on any atom is 0.222 e. The second-order valence-corrected chi connectivity index (χ2v) is 8.03. The number of anilines is 1. The van der Waals surface area contributed by atoms with Gasteiger partial charge in [-0.15, -0.1) is 0 Å². The second kappa shape index (κ2) is 7.45. The smallest absolute Gasteiger partial charge is 0.222 e. The fraction of sp³-hybridized carbons (Fsp3) is 0.0455. The van der Waals surface area contributed by atoms with Crippen molar-refractivity contribution in [1.82, 2.24) is 0 Å². The molecule has 1 aliphatic rings. The van der Waals surface area contributed by atoms with Crippen molar-refractivity contribution in [3.05, 3.63) is 108 Å². The highest BCUT2D eigenvalue weighted by Crippen LogP contribution is 2.57. The van der Waals surface area contributed by atoms with Crippen LogP contribution in [0, 0.1) is 0 Å².